The van der Waals surface area contributed by atoms with Crippen molar-refractivity contribution in [3.05, 3.63) is 48.7 Å². The summed E-state index contributed by atoms with van der Waals surface area (Å²) < 4.78 is 7.11. The Balaban J connectivity index is 2.19. The molecule has 1 aromatic heterocycles. The zero-order valence-electron chi connectivity index (χ0n) is 10.00. The standard InChI is InChI=1S/C14H13N3O/c1-18-13-7-2-10-9-16-17(14(10)8-13)12-5-3-11(15)4-6-12/h2-9H,15H2,1H3. The molecular formula is C14H13N3O. The van der Waals surface area contributed by atoms with Gasteiger partial charge in [0, 0.05) is 17.1 Å². The van der Waals surface area contributed by atoms with Crippen LogP contribution in [0.4, 0.5) is 5.69 Å². The van der Waals surface area contributed by atoms with Crippen molar-refractivity contribution in [2.75, 3.05) is 12.8 Å². The summed E-state index contributed by atoms with van der Waals surface area (Å²) in [6.45, 7) is 0. The Morgan fingerprint density at radius 3 is 2.61 bits per heavy atom. The van der Waals surface area contributed by atoms with Crippen LogP contribution in [0.25, 0.3) is 16.6 Å². The molecule has 0 radical (unpaired) electrons. The van der Waals surface area contributed by atoms with Gasteiger partial charge in [0.2, 0.25) is 0 Å². The first kappa shape index (κ1) is 10.7. The van der Waals surface area contributed by atoms with E-state index in [4.69, 9.17) is 10.5 Å². The molecule has 0 aliphatic rings. The molecule has 90 valence electrons. The van der Waals surface area contributed by atoms with Crippen molar-refractivity contribution in [3.8, 4) is 11.4 Å². The Labute approximate surface area is 105 Å². The number of nitrogen functional groups attached to an aromatic ring is 1. The van der Waals surface area contributed by atoms with Crippen molar-refractivity contribution in [2.45, 2.75) is 0 Å². The lowest BCUT2D eigenvalue weighted by Gasteiger charge is -2.05. The van der Waals surface area contributed by atoms with E-state index in [2.05, 4.69) is 5.10 Å². The minimum atomic E-state index is 0.743. The maximum absolute atomic E-state index is 5.69. The number of anilines is 1. The molecule has 0 amide bonds. The van der Waals surface area contributed by atoms with Crippen LogP contribution in [0.5, 0.6) is 5.75 Å². The molecule has 0 bridgehead atoms. The highest BCUT2D eigenvalue weighted by Crippen LogP contribution is 2.23. The van der Waals surface area contributed by atoms with Crippen LogP contribution < -0.4 is 10.5 Å². The fourth-order valence-corrected chi connectivity index (χ4v) is 1.95. The van der Waals surface area contributed by atoms with Gasteiger partial charge in [-0.3, -0.25) is 0 Å². The van der Waals surface area contributed by atoms with Crippen molar-refractivity contribution in [1.82, 2.24) is 9.78 Å². The fourth-order valence-electron chi connectivity index (χ4n) is 1.95. The minimum absolute atomic E-state index is 0.743. The van der Waals surface area contributed by atoms with E-state index in [-0.39, 0.29) is 0 Å². The maximum Gasteiger partial charge on any atom is 0.121 e. The Bertz CT molecular complexity index is 686. The van der Waals surface area contributed by atoms with Crippen LogP contribution in [-0.2, 0) is 0 Å². The predicted molar refractivity (Wildman–Crippen MR) is 72.0 cm³/mol. The van der Waals surface area contributed by atoms with Gasteiger partial charge in [-0.2, -0.15) is 5.10 Å². The number of hydrogen-bond donors (Lipinski definition) is 1. The second-order valence-electron chi connectivity index (χ2n) is 4.07. The van der Waals surface area contributed by atoms with Crippen LogP contribution in [0.2, 0.25) is 0 Å². The topological polar surface area (TPSA) is 53.1 Å². The third-order valence-electron chi connectivity index (χ3n) is 2.92. The highest BCUT2D eigenvalue weighted by molar-refractivity contribution is 5.81. The molecular weight excluding hydrogens is 226 g/mol. The molecule has 0 fully saturated rings. The summed E-state index contributed by atoms with van der Waals surface area (Å²) in [6, 6.07) is 13.5. The van der Waals surface area contributed by atoms with E-state index in [1.165, 1.54) is 0 Å². The van der Waals surface area contributed by atoms with Gasteiger partial charge < -0.3 is 10.5 Å². The lowest BCUT2D eigenvalue weighted by Crippen LogP contribution is -1.96. The summed E-state index contributed by atoms with van der Waals surface area (Å²) >= 11 is 0. The molecule has 3 aromatic rings. The molecule has 0 spiro atoms. The maximum atomic E-state index is 5.69. The second-order valence-corrected chi connectivity index (χ2v) is 4.07. The minimum Gasteiger partial charge on any atom is -0.497 e. The third-order valence-corrected chi connectivity index (χ3v) is 2.92. The number of benzene rings is 2. The zero-order chi connectivity index (χ0) is 12.5. The summed E-state index contributed by atoms with van der Waals surface area (Å²) in [6.07, 6.45) is 1.84. The number of rotatable bonds is 2. The Morgan fingerprint density at radius 1 is 1.11 bits per heavy atom. The van der Waals surface area contributed by atoms with E-state index in [0.29, 0.717) is 0 Å². The van der Waals surface area contributed by atoms with Gasteiger partial charge in [0.1, 0.15) is 5.75 Å². The Kier molecular flexibility index (Phi) is 2.41. The summed E-state index contributed by atoms with van der Waals surface area (Å²) in [5.41, 5.74) is 8.42. The molecule has 4 heteroatoms. The largest absolute Gasteiger partial charge is 0.497 e. The highest BCUT2D eigenvalue weighted by atomic mass is 16.5. The number of ether oxygens (including phenoxy) is 1. The van der Waals surface area contributed by atoms with Crippen LogP contribution in [0.15, 0.2) is 48.7 Å². The molecule has 0 saturated heterocycles. The van der Waals surface area contributed by atoms with Crippen LogP contribution in [0.1, 0.15) is 0 Å². The average molecular weight is 239 g/mol. The molecule has 1 heterocycles. The van der Waals surface area contributed by atoms with Crippen LogP contribution in [0, 0.1) is 0 Å². The van der Waals surface area contributed by atoms with Gasteiger partial charge >= 0.3 is 0 Å². The first-order chi connectivity index (χ1) is 8.78. The van der Waals surface area contributed by atoms with Crippen LogP contribution in [-0.4, -0.2) is 16.9 Å². The molecule has 2 N–H and O–H groups in total. The Morgan fingerprint density at radius 2 is 1.89 bits per heavy atom. The van der Waals surface area contributed by atoms with Gasteiger partial charge in [-0.25, -0.2) is 4.68 Å². The lowest BCUT2D eigenvalue weighted by atomic mass is 10.2. The van der Waals surface area contributed by atoms with Crippen molar-refractivity contribution in [3.63, 3.8) is 0 Å². The quantitative estimate of drug-likeness (QED) is 0.699. The number of aromatic nitrogens is 2. The molecule has 4 nitrogen and oxygen atoms in total. The van der Waals surface area contributed by atoms with Gasteiger partial charge in [-0.15, -0.1) is 0 Å². The van der Waals surface area contributed by atoms with Gasteiger partial charge in [0.15, 0.2) is 0 Å². The van der Waals surface area contributed by atoms with Crippen molar-refractivity contribution >= 4 is 16.6 Å². The predicted octanol–water partition coefficient (Wildman–Crippen LogP) is 2.62. The average Bonchev–Trinajstić information content (AvgIpc) is 2.82. The summed E-state index contributed by atoms with van der Waals surface area (Å²) in [4.78, 5) is 0. The second kappa shape index (κ2) is 4.07. The summed E-state index contributed by atoms with van der Waals surface area (Å²) in [5, 5.41) is 5.47. The normalized spacial score (nSPS) is 10.7. The number of nitrogens with zero attached hydrogens (tertiary/aromatic N) is 2. The smallest absolute Gasteiger partial charge is 0.121 e. The first-order valence-corrected chi connectivity index (χ1v) is 5.65. The van der Waals surface area contributed by atoms with E-state index < -0.39 is 0 Å². The lowest BCUT2D eigenvalue weighted by molar-refractivity contribution is 0.415. The van der Waals surface area contributed by atoms with Crippen molar-refractivity contribution < 1.29 is 4.74 Å². The Hall–Kier alpha value is -2.49. The summed E-state index contributed by atoms with van der Waals surface area (Å²) in [5.74, 6) is 0.819. The number of fused-ring (bicyclic) bond motifs is 1. The third kappa shape index (κ3) is 1.68. The van der Waals surface area contributed by atoms with Gasteiger partial charge in [0.05, 0.1) is 24.5 Å². The van der Waals surface area contributed by atoms with Crippen molar-refractivity contribution in [1.29, 1.82) is 0 Å². The van der Waals surface area contributed by atoms with Crippen LogP contribution in [0.3, 0.4) is 0 Å². The number of hydrogen-bond acceptors (Lipinski definition) is 3. The molecule has 0 saturated carbocycles. The SMILES string of the molecule is COc1ccc2cnn(-c3ccc(N)cc3)c2c1. The molecule has 0 aliphatic heterocycles. The molecule has 3 rings (SSSR count). The van der Waals surface area contributed by atoms with Crippen molar-refractivity contribution in [2.24, 2.45) is 0 Å². The molecule has 2 aromatic carbocycles. The summed E-state index contributed by atoms with van der Waals surface area (Å²) in [7, 11) is 1.66. The van der Waals surface area contributed by atoms with E-state index in [1.807, 2.05) is 53.3 Å². The number of methoxy groups -OCH3 is 1. The molecule has 0 aliphatic carbocycles. The number of nitrogens with two attached hydrogens (primary N) is 1. The van der Waals surface area contributed by atoms with E-state index in [1.54, 1.807) is 7.11 Å². The fraction of sp³-hybridized carbons (Fsp3) is 0.0714. The molecule has 0 atom stereocenters. The molecule has 0 unspecified atom stereocenters. The van der Waals surface area contributed by atoms with Gasteiger partial charge in [-0.05, 0) is 36.4 Å². The van der Waals surface area contributed by atoms with Crippen LogP contribution >= 0.6 is 0 Å². The van der Waals surface area contributed by atoms with E-state index >= 15 is 0 Å². The molecule has 18 heavy (non-hydrogen) atoms. The zero-order valence-corrected chi connectivity index (χ0v) is 10.00. The van der Waals surface area contributed by atoms with Gasteiger partial charge in [-0.1, -0.05) is 0 Å². The highest BCUT2D eigenvalue weighted by Gasteiger charge is 2.05. The first-order valence-electron chi connectivity index (χ1n) is 5.65. The van der Waals surface area contributed by atoms with E-state index in [0.717, 1.165) is 28.0 Å². The van der Waals surface area contributed by atoms with Gasteiger partial charge in [0.25, 0.3) is 0 Å². The monoisotopic (exact) mass is 239 g/mol. The van der Waals surface area contributed by atoms with E-state index in [9.17, 15) is 0 Å².